The quantitative estimate of drug-likeness (QED) is 0.851. The summed E-state index contributed by atoms with van der Waals surface area (Å²) in [4.78, 5) is 0. The number of nitrogens with zero attached hydrogens (tertiary/aromatic N) is 2. The molecular weight excluding hydrogens is 222 g/mol. The van der Waals surface area contributed by atoms with Gasteiger partial charge in [0, 0.05) is 5.75 Å². The minimum Gasteiger partial charge on any atom is -0.316 e. The van der Waals surface area contributed by atoms with Crippen molar-refractivity contribution in [2.24, 2.45) is 5.92 Å². The van der Waals surface area contributed by atoms with E-state index >= 15 is 0 Å². The van der Waals surface area contributed by atoms with Gasteiger partial charge in [0.25, 0.3) is 0 Å². The SMILES string of the molecule is Cc1ccc([S@](=O)C[C@H]2CCCNC2)nn1. The van der Waals surface area contributed by atoms with Gasteiger partial charge in [-0.05, 0) is 50.9 Å². The molecule has 0 radical (unpaired) electrons. The van der Waals surface area contributed by atoms with Gasteiger partial charge >= 0.3 is 0 Å². The van der Waals surface area contributed by atoms with E-state index < -0.39 is 10.8 Å². The first kappa shape index (κ1) is 11.7. The molecule has 16 heavy (non-hydrogen) atoms. The molecule has 1 saturated heterocycles. The molecule has 88 valence electrons. The molecule has 1 aromatic rings. The van der Waals surface area contributed by atoms with Crippen LogP contribution in [0.2, 0.25) is 0 Å². The zero-order valence-corrected chi connectivity index (χ0v) is 10.3. The fraction of sp³-hybridized carbons (Fsp3) is 0.636. The first-order valence-corrected chi connectivity index (χ1v) is 6.97. The highest BCUT2D eigenvalue weighted by Crippen LogP contribution is 2.14. The second-order valence-electron chi connectivity index (χ2n) is 4.24. The molecule has 2 heterocycles. The van der Waals surface area contributed by atoms with E-state index in [2.05, 4.69) is 15.5 Å². The van der Waals surface area contributed by atoms with Gasteiger partial charge in [-0.25, -0.2) is 0 Å². The van der Waals surface area contributed by atoms with Crippen LogP contribution in [0.3, 0.4) is 0 Å². The zero-order valence-electron chi connectivity index (χ0n) is 9.48. The van der Waals surface area contributed by atoms with Gasteiger partial charge in [0.05, 0.1) is 16.5 Å². The minimum atomic E-state index is -1.00. The summed E-state index contributed by atoms with van der Waals surface area (Å²) in [5, 5.41) is 11.8. The van der Waals surface area contributed by atoms with E-state index in [9.17, 15) is 4.21 Å². The van der Waals surface area contributed by atoms with Crippen molar-refractivity contribution in [2.45, 2.75) is 24.8 Å². The molecule has 2 atom stereocenters. The molecule has 1 fully saturated rings. The van der Waals surface area contributed by atoms with E-state index in [1.165, 1.54) is 6.42 Å². The van der Waals surface area contributed by atoms with Gasteiger partial charge in [0.2, 0.25) is 0 Å². The van der Waals surface area contributed by atoms with E-state index in [0.29, 0.717) is 16.7 Å². The number of nitrogens with one attached hydrogen (secondary N) is 1. The van der Waals surface area contributed by atoms with Gasteiger partial charge in [-0.15, -0.1) is 5.10 Å². The monoisotopic (exact) mass is 239 g/mol. The van der Waals surface area contributed by atoms with E-state index in [-0.39, 0.29) is 0 Å². The summed E-state index contributed by atoms with van der Waals surface area (Å²) in [6.45, 7) is 3.95. The zero-order chi connectivity index (χ0) is 11.4. The van der Waals surface area contributed by atoms with E-state index in [1.807, 2.05) is 19.1 Å². The maximum atomic E-state index is 12.0. The third-order valence-electron chi connectivity index (χ3n) is 2.79. The third-order valence-corrected chi connectivity index (χ3v) is 4.25. The number of rotatable bonds is 3. The molecule has 4 nitrogen and oxygen atoms in total. The third kappa shape index (κ3) is 3.09. The molecule has 1 aliphatic rings. The van der Waals surface area contributed by atoms with Crippen molar-refractivity contribution in [2.75, 3.05) is 18.8 Å². The Kier molecular flexibility index (Phi) is 4.01. The van der Waals surface area contributed by atoms with Crippen LogP contribution in [0.15, 0.2) is 17.2 Å². The Bertz CT molecular complexity index is 360. The van der Waals surface area contributed by atoms with Crippen LogP contribution < -0.4 is 5.32 Å². The van der Waals surface area contributed by atoms with Gasteiger partial charge in [0.1, 0.15) is 5.03 Å². The Labute approximate surface area is 98.3 Å². The predicted molar refractivity (Wildman–Crippen MR) is 63.6 cm³/mol. The molecule has 0 saturated carbocycles. The van der Waals surface area contributed by atoms with Crippen molar-refractivity contribution in [3.05, 3.63) is 17.8 Å². The highest BCUT2D eigenvalue weighted by Gasteiger charge is 2.17. The smallest absolute Gasteiger partial charge is 0.149 e. The summed E-state index contributed by atoms with van der Waals surface area (Å²) in [5.41, 5.74) is 0.861. The van der Waals surface area contributed by atoms with Crippen LogP contribution in [0.5, 0.6) is 0 Å². The molecule has 0 aliphatic carbocycles. The van der Waals surface area contributed by atoms with Crippen LogP contribution >= 0.6 is 0 Å². The number of aromatic nitrogens is 2. The summed E-state index contributed by atoms with van der Waals surface area (Å²) in [6, 6.07) is 3.67. The van der Waals surface area contributed by atoms with Crippen molar-refractivity contribution >= 4 is 10.8 Å². The summed E-state index contributed by atoms with van der Waals surface area (Å²) < 4.78 is 12.0. The lowest BCUT2D eigenvalue weighted by atomic mass is 10.0. The average molecular weight is 239 g/mol. The number of hydrogen-bond acceptors (Lipinski definition) is 4. The van der Waals surface area contributed by atoms with Crippen molar-refractivity contribution in [1.29, 1.82) is 0 Å². The first-order chi connectivity index (χ1) is 7.75. The summed E-state index contributed by atoms with van der Waals surface area (Å²) in [6.07, 6.45) is 2.35. The fourth-order valence-corrected chi connectivity index (χ4v) is 3.11. The molecule has 0 amide bonds. The first-order valence-electron chi connectivity index (χ1n) is 5.65. The Hall–Kier alpha value is -0.810. The van der Waals surface area contributed by atoms with Gasteiger partial charge in [0.15, 0.2) is 0 Å². The van der Waals surface area contributed by atoms with Gasteiger partial charge in [-0.2, -0.15) is 5.10 Å². The molecule has 0 spiro atoms. The maximum Gasteiger partial charge on any atom is 0.149 e. The summed E-state index contributed by atoms with van der Waals surface area (Å²) in [5.74, 6) is 1.21. The lowest BCUT2D eigenvalue weighted by Gasteiger charge is -2.21. The second-order valence-corrected chi connectivity index (χ2v) is 5.68. The van der Waals surface area contributed by atoms with E-state index in [0.717, 1.165) is 25.2 Å². The van der Waals surface area contributed by atoms with E-state index in [4.69, 9.17) is 0 Å². The molecule has 0 unspecified atom stereocenters. The standard InChI is InChI=1S/C11H17N3OS/c1-9-4-5-11(14-13-9)16(15)8-10-3-2-6-12-7-10/h4-5,10,12H,2-3,6-8H2,1H3/t10-,16+/m0/s1. The molecule has 1 aromatic heterocycles. The maximum absolute atomic E-state index is 12.0. The topological polar surface area (TPSA) is 54.9 Å². The molecule has 1 aliphatic heterocycles. The van der Waals surface area contributed by atoms with Crippen LogP contribution in [0.4, 0.5) is 0 Å². The average Bonchev–Trinajstić information content (AvgIpc) is 2.31. The predicted octanol–water partition coefficient (Wildman–Crippen LogP) is 0.892. The molecule has 1 N–H and O–H groups in total. The van der Waals surface area contributed by atoms with Crippen molar-refractivity contribution in [3.63, 3.8) is 0 Å². The Morgan fingerprint density at radius 2 is 2.38 bits per heavy atom. The number of piperidine rings is 1. The highest BCUT2D eigenvalue weighted by atomic mass is 32.2. The highest BCUT2D eigenvalue weighted by molar-refractivity contribution is 7.84. The van der Waals surface area contributed by atoms with Crippen molar-refractivity contribution in [3.8, 4) is 0 Å². The van der Waals surface area contributed by atoms with Crippen LogP contribution in [0.25, 0.3) is 0 Å². The van der Waals surface area contributed by atoms with Crippen LogP contribution in [-0.2, 0) is 10.8 Å². The fourth-order valence-electron chi connectivity index (χ4n) is 1.87. The largest absolute Gasteiger partial charge is 0.316 e. The van der Waals surface area contributed by atoms with Gasteiger partial charge < -0.3 is 5.32 Å². The van der Waals surface area contributed by atoms with E-state index in [1.54, 1.807) is 0 Å². The Morgan fingerprint density at radius 1 is 1.50 bits per heavy atom. The summed E-state index contributed by atoms with van der Waals surface area (Å²) in [7, 11) is -1.00. The second kappa shape index (κ2) is 5.50. The number of aryl methyl sites for hydroxylation is 1. The van der Waals surface area contributed by atoms with Crippen molar-refractivity contribution < 1.29 is 4.21 Å². The molecule has 2 rings (SSSR count). The van der Waals surface area contributed by atoms with Crippen LogP contribution in [-0.4, -0.2) is 33.2 Å². The Morgan fingerprint density at radius 3 is 3.00 bits per heavy atom. The lowest BCUT2D eigenvalue weighted by molar-refractivity contribution is 0.407. The Balaban J connectivity index is 1.94. The van der Waals surface area contributed by atoms with Crippen molar-refractivity contribution in [1.82, 2.24) is 15.5 Å². The summed E-state index contributed by atoms with van der Waals surface area (Å²) >= 11 is 0. The van der Waals surface area contributed by atoms with Gasteiger partial charge in [-0.3, -0.25) is 4.21 Å². The van der Waals surface area contributed by atoms with Crippen LogP contribution in [0.1, 0.15) is 18.5 Å². The van der Waals surface area contributed by atoms with Crippen LogP contribution in [0, 0.1) is 12.8 Å². The lowest BCUT2D eigenvalue weighted by Crippen LogP contribution is -2.32. The molecular formula is C11H17N3OS. The number of hydrogen-bond donors (Lipinski definition) is 1. The normalized spacial score (nSPS) is 22.9. The molecule has 0 bridgehead atoms. The molecule has 5 heteroatoms. The van der Waals surface area contributed by atoms with Gasteiger partial charge in [-0.1, -0.05) is 0 Å². The minimum absolute atomic E-state index is 0.512. The molecule has 0 aromatic carbocycles.